The minimum Gasteiger partial charge on any atom is -0.504 e. The average Bonchev–Trinajstić information content (AvgIpc) is 2.96. The van der Waals surface area contributed by atoms with E-state index >= 15 is 0 Å². The Balaban J connectivity index is 2.20. The molecule has 5 rings (SSSR count). The van der Waals surface area contributed by atoms with E-state index in [4.69, 9.17) is 4.42 Å². The van der Waals surface area contributed by atoms with Crippen LogP contribution in [0.4, 0.5) is 0 Å². The van der Waals surface area contributed by atoms with Gasteiger partial charge < -0.3 is 9.52 Å². The van der Waals surface area contributed by atoms with Crippen LogP contribution in [0.2, 0.25) is 0 Å². The summed E-state index contributed by atoms with van der Waals surface area (Å²) in [7, 11) is 0. The number of fused-ring (bicyclic) bond motifs is 7. The minimum absolute atomic E-state index is 0.189. The van der Waals surface area contributed by atoms with Crippen molar-refractivity contribution in [3.8, 4) is 5.75 Å². The highest BCUT2D eigenvalue weighted by Crippen LogP contribution is 2.42. The molecule has 1 heterocycles. The van der Waals surface area contributed by atoms with Crippen molar-refractivity contribution < 1.29 is 9.52 Å². The smallest absolute Gasteiger partial charge is 0.177 e. The first kappa shape index (κ1) is 11.6. The molecule has 22 heavy (non-hydrogen) atoms. The van der Waals surface area contributed by atoms with Crippen molar-refractivity contribution in [1.82, 2.24) is 0 Å². The number of aromatic hydroxyl groups is 1. The predicted octanol–water partition coefficient (Wildman–Crippen LogP) is 5.60. The van der Waals surface area contributed by atoms with Crippen molar-refractivity contribution in [3.63, 3.8) is 0 Å². The molecule has 1 aromatic heterocycles. The van der Waals surface area contributed by atoms with Gasteiger partial charge in [0, 0.05) is 10.8 Å². The number of hydrogen-bond donors (Lipinski definition) is 1. The third-order valence-electron chi connectivity index (χ3n) is 4.33. The summed E-state index contributed by atoms with van der Waals surface area (Å²) in [6.07, 6.45) is 0. The van der Waals surface area contributed by atoms with Crippen LogP contribution in [0, 0.1) is 0 Å². The molecule has 0 radical (unpaired) electrons. The molecule has 1 N–H and O–H groups in total. The summed E-state index contributed by atoms with van der Waals surface area (Å²) in [6, 6.07) is 22.2. The Hall–Kier alpha value is -3.00. The Morgan fingerprint density at radius 2 is 1.36 bits per heavy atom. The molecule has 2 heteroatoms. The van der Waals surface area contributed by atoms with Crippen LogP contribution in [0.3, 0.4) is 0 Å². The molecule has 0 bridgehead atoms. The van der Waals surface area contributed by atoms with Crippen LogP contribution in [-0.4, -0.2) is 5.11 Å². The van der Waals surface area contributed by atoms with E-state index in [2.05, 4.69) is 24.3 Å². The summed E-state index contributed by atoms with van der Waals surface area (Å²) < 4.78 is 5.95. The van der Waals surface area contributed by atoms with Crippen LogP contribution >= 0.6 is 0 Å². The maximum atomic E-state index is 10.3. The number of furan rings is 1. The topological polar surface area (TPSA) is 33.4 Å². The van der Waals surface area contributed by atoms with Crippen molar-refractivity contribution in [2.24, 2.45) is 0 Å². The Kier molecular flexibility index (Phi) is 2.12. The lowest BCUT2D eigenvalue weighted by Crippen LogP contribution is -1.77. The molecule has 0 aliphatic carbocycles. The number of benzene rings is 4. The zero-order valence-electron chi connectivity index (χ0n) is 11.7. The molecular weight excluding hydrogens is 272 g/mol. The molecule has 0 atom stereocenters. The second kappa shape index (κ2) is 4.01. The maximum absolute atomic E-state index is 10.3. The second-order valence-corrected chi connectivity index (χ2v) is 5.58. The third kappa shape index (κ3) is 1.39. The van der Waals surface area contributed by atoms with E-state index in [0.29, 0.717) is 5.58 Å². The Morgan fingerprint density at radius 1 is 0.682 bits per heavy atom. The summed E-state index contributed by atoms with van der Waals surface area (Å²) in [6.45, 7) is 0. The molecule has 5 aromatic rings. The molecule has 2 nitrogen and oxygen atoms in total. The highest BCUT2D eigenvalue weighted by Gasteiger charge is 2.16. The van der Waals surface area contributed by atoms with E-state index in [0.717, 1.165) is 32.5 Å². The van der Waals surface area contributed by atoms with Gasteiger partial charge in [0.1, 0.15) is 5.58 Å². The highest BCUT2D eigenvalue weighted by molar-refractivity contribution is 6.27. The summed E-state index contributed by atoms with van der Waals surface area (Å²) >= 11 is 0. The molecule has 104 valence electrons. The molecule has 0 fully saturated rings. The first-order valence-corrected chi connectivity index (χ1v) is 7.27. The minimum atomic E-state index is 0.189. The van der Waals surface area contributed by atoms with E-state index in [9.17, 15) is 5.11 Å². The molecule has 4 aromatic carbocycles. The zero-order valence-corrected chi connectivity index (χ0v) is 11.7. The molecule has 0 amide bonds. The van der Waals surface area contributed by atoms with E-state index in [1.165, 1.54) is 5.39 Å². The van der Waals surface area contributed by atoms with Gasteiger partial charge in [0.2, 0.25) is 0 Å². The monoisotopic (exact) mass is 284 g/mol. The SMILES string of the molecule is Oc1cc2ccccc2c2c1oc1ccc3ccccc3c12. The number of phenols is 1. The van der Waals surface area contributed by atoms with Crippen molar-refractivity contribution in [2.45, 2.75) is 0 Å². The van der Waals surface area contributed by atoms with Crippen molar-refractivity contribution in [2.75, 3.05) is 0 Å². The third-order valence-corrected chi connectivity index (χ3v) is 4.33. The molecule has 0 spiro atoms. The fourth-order valence-electron chi connectivity index (χ4n) is 3.37. The fraction of sp³-hybridized carbons (Fsp3) is 0. The Morgan fingerprint density at radius 3 is 2.18 bits per heavy atom. The van der Waals surface area contributed by atoms with Gasteiger partial charge in [0.25, 0.3) is 0 Å². The van der Waals surface area contributed by atoms with Gasteiger partial charge in [0.15, 0.2) is 11.3 Å². The van der Waals surface area contributed by atoms with Gasteiger partial charge in [-0.25, -0.2) is 0 Å². The average molecular weight is 284 g/mol. The van der Waals surface area contributed by atoms with Gasteiger partial charge >= 0.3 is 0 Å². The van der Waals surface area contributed by atoms with E-state index in [1.54, 1.807) is 6.07 Å². The van der Waals surface area contributed by atoms with Crippen LogP contribution in [0.5, 0.6) is 5.75 Å². The summed E-state index contributed by atoms with van der Waals surface area (Å²) in [5.41, 5.74) is 1.37. The van der Waals surface area contributed by atoms with Crippen LogP contribution in [0.15, 0.2) is 71.1 Å². The quantitative estimate of drug-likeness (QED) is 0.401. The molecule has 0 aliphatic heterocycles. The molecule has 0 unspecified atom stereocenters. The van der Waals surface area contributed by atoms with Crippen molar-refractivity contribution in [1.29, 1.82) is 0 Å². The lowest BCUT2D eigenvalue weighted by Gasteiger charge is -2.03. The van der Waals surface area contributed by atoms with Gasteiger partial charge in [-0.3, -0.25) is 0 Å². The Labute approximate surface area is 126 Å². The van der Waals surface area contributed by atoms with Crippen LogP contribution in [0.25, 0.3) is 43.5 Å². The molecule has 0 saturated heterocycles. The standard InChI is InChI=1S/C20H12O2/c21-16-11-13-6-2-4-8-15(13)19-18-14-7-3-1-5-12(14)9-10-17(18)22-20(16)19/h1-11,21H. The van der Waals surface area contributed by atoms with Gasteiger partial charge in [-0.2, -0.15) is 0 Å². The lowest BCUT2D eigenvalue weighted by atomic mass is 9.99. The maximum Gasteiger partial charge on any atom is 0.177 e. The Bertz CT molecular complexity index is 1180. The van der Waals surface area contributed by atoms with Crippen LogP contribution < -0.4 is 0 Å². The second-order valence-electron chi connectivity index (χ2n) is 5.58. The summed E-state index contributed by atoms with van der Waals surface area (Å²) in [5.74, 6) is 0.189. The lowest BCUT2D eigenvalue weighted by molar-refractivity contribution is 0.469. The number of rotatable bonds is 0. The number of phenolic OH excluding ortho intramolecular Hbond substituents is 1. The van der Waals surface area contributed by atoms with Gasteiger partial charge in [-0.1, -0.05) is 54.6 Å². The molecule has 0 saturated carbocycles. The predicted molar refractivity (Wildman–Crippen MR) is 90.4 cm³/mol. The van der Waals surface area contributed by atoms with Crippen LogP contribution in [-0.2, 0) is 0 Å². The van der Waals surface area contributed by atoms with Crippen molar-refractivity contribution >= 4 is 43.5 Å². The molecule has 0 aliphatic rings. The summed E-state index contributed by atoms with van der Waals surface area (Å²) in [4.78, 5) is 0. The highest BCUT2D eigenvalue weighted by atomic mass is 16.4. The first-order valence-electron chi connectivity index (χ1n) is 7.27. The molecular formula is C20H12O2. The van der Waals surface area contributed by atoms with Gasteiger partial charge in [0.05, 0.1) is 0 Å². The van der Waals surface area contributed by atoms with Gasteiger partial charge in [-0.05, 0) is 33.7 Å². The van der Waals surface area contributed by atoms with Crippen molar-refractivity contribution in [3.05, 3.63) is 66.7 Å². The van der Waals surface area contributed by atoms with E-state index in [1.807, 2.05) is 36.4 Å². The fourth-order valence-corrected chi connectivity index (χ4v) is 3.37. The van der Waals surface area contributed by atoms with E-state index in [-0.39, 0.29) is 5.75 Å². The zero-order chi connectivity index (χ0) is 14.7. The number of hydrogen-bond acceptors (Lipinski definition) is 2. The summed E-state index contributed by atoms with van der Waals surface area (Å²) in [5, 5.41) is 16.8. The van der Waals surface area contributed by atoms with Crippen LogP contribution in [0.1, 0.15) is 0 Å². The first-order chi connectivity index (χ1) is 10.8. The van der Waals surface area contributed by atoms with Gasteiger partial charge in [-0.15, -0.1) is 0 Å². The normalized spacial score (nSPS) is 11.8. The van der Waals surface area contributed by atoms with E-state index < -0.39 is 0 Å². The largest absolute Gasteiger partial charge is 0.504 e.